The number of aryl methyl sites for hydroxylation is 1. The van der Waals surface area contributed by atoms with Crippen LogP contribution >= 0.6 is 0 Å². The summed E-state index contributed by atoms with van der Waals surface area (Å²) in [5.41, 5.74) is 1.05. The molecule has 1 aromatic carbocycles. The minimum Gasteiger partial charge on any atom is -0.484 e. The number of carboxylic acids is 1. The largest absolute Gasteiger partial charge is 0.484 e. The zero-order valence-electron chi connectivity index (χ0n) is 12.8. The Labute approximate surface area is 125 Å². The van der Waals surface area contributed by atoms with E-state index in [1.54, 1.807) is 6.07 Å². The number of rotatable bonds is 8. The van der Waals surface area contributed by atoms with Gasteiger partial charge in [0.25, 0.3) is 5.91 Å². The van der Waals surface area contributed by atoms with Crippen LogP contribution < -0.4 is 10.1 Å². The van der Waals surface area contributed by atoms with Crippen molar-refractivity contribution in [3.63, 3.8) is 0 Å². The van der Waals surface area contributed by atoms with Gasteiger partial charge in [-0.25, -0.2) is 0 Å². The second-order valence-electron chi connectivity index (χ2n) is 5.57. The molecule has 0 aliphatic rings. The molecule has 1 unspecified atom stereocenters. The smallest absolute Gasteiger partial charge is 0.308 e. The molecule has 0 saturated heterocycles. The molecule has 21 heavy (non-hydrogen) atoms. The maximum Gasteiger partial charge on any atom is 0.308 e. The van der Waals surface area contributed by atoms with E-state index < -0.39 is 11.9 Å². The van der Waals surface area contributed by atoms with Gasteiger partial charge in [-0.1, -0.05) is 26.0 Å². The average Bonchev–Trinajstić information content (AvgIpc) is 2.40. The van der Waals surface area contributed by atoms with Crippen LogP contribution in [-0.2, 0) is 9.59 Å². The summed E-state index contributed by atoms with van der Waals surface area (Å²) in [6.45, 7) is 5.87. The van der Waals surface area contributed by atoms with E-state index in [1.165, 1.54) is 0 Å². The lowest BCUT2D eigenvalue weighted by atomic mass is 9.97. The van der Waals surface area contributed by atoms with Crippen molar-refractivity contribution in [2.24, 2.45) is 11.8 Å². The minimum atomic E-state index is -0.886. The molecule has 1 amide bonds. The number of carbonyl (C=O) groups excluding carboxylic acids is 1. The first-order valence-corrected chi connectivity index (χ1v) is 7.07. The molecule has 5 heteroatoms. The summed E-state index contributed by atoms with van der Waals surface area (Å²) in [7, 11) is 0. The number of hydrogen-bond donors (Lipinski definition) is 2. The molecule has 1 rings (SSSR count). The van der Waals surface area contributed by atoms with Crippen molar-refractivity contribution < 1.29 is 19.4 Å². The molecule has 0 radical (unpaired) electrons. The zero-order chi connectivity index (χ0) is 15.8. The van der Waals surface area contributed by atoms with E-state index in [9.17, 15) is 9.59 Å². The van der Waals surface area contributed by atoms with Gasteiger partial charge in [0.2, 0.25) is 0 Å². The molecule has 1 aromatic rings. The first kappa shape index (κ1) is 17.0. The molecule has 0 aliphatic carbocycles. The van der Waals surface area contributed by atoms with Crippen molar-refractivity contribution in [2.75, 3.05) is 13.2 Å². The molecular weight excluding hydrogens is 270 g/mol. The number of carboxylic acid groups (broad SMARTS) is 1. The summed E-state index contributed by atoms with van der Waals surface area (Å²) in [6.07, 6.45) is 0.536. The highest BCUT2D eigenvalue weighted by Gasteiger charge is 2.19. The van der Waals surface area contributed by atoms with Gasteiger partial charge < -0.3 is 15.2 Å². The fraction of sp³-hybridized carbons (Fsp3) is 0.500. The second-order valence-corrected chi connectivity index (χ2v) is 5.57. The first-order chi connectivity index (χ1) is 9.88. The maximum atomic E-state index is 11.7. The van der Waals surface area contributed by atoms with Gasteiger partial charge in [0.05, 0.1) is 5.92 Å². The Kier molecular flexibility index (Phi) is 6.72. The quantitative estimate of drug-likeness (QED) is 0.770. The van der Waals surface area contributed by atoms with Crippen LogP contribution in [0.5, 0.6) is 5.75 Å². The van der Waals surface area contributed by atoms with Crippen molar-refractivity contribution in [1.82, 2.24) is 5.32 Å². The predicted molar refractivity (Wildman–Crippen MR) is 80.3 cm³/mol. The SMILES string of the molecule is Cc1cccc(OCC(=O)NCC(CC(C)C)C(=O)O)c1. The molecule has 5 nitrogen and oxygen atoms in total. The Morgan fingerprint density at radius 3 is 2.62 bits per heavy atom. The van der Waals surface area contributed by atoms with E-state index >= 15 is 0 Å². The molecule has 2 N–H and O–H groups in total. The molecule has 116 valence electrons. The number of nitrogens with one attached hydrogen (secondary N) is 1. The summed E-state index contributed by atoms with van der Waals surface area (Å²) in [5, 5.41) is 11.7. The van der Waals surface area contributed by atoms with E-state index in [1.807, 2.05) is 39.0 Å². The Balaban J connectivity index is 2.37. The molecule has 0 aromatic heterocycles. The highest BCUT2D eigenvalue weighted by atomic mass is 16.5. The van der Waals surface area contributed by atoms with Crippen molar-refractivity contribution in [2.45, 2.75) is 27.2 Å². The van der Waals surface area contributed by atoms with Gasteiger partial charge in [0, 0.05) is 6.54 Å². The van der Waals surface area contributed by atoms with Crippen LogP contribution in [-0.4, -0.2) is 30.1 Å². The molecule has 1 atom stereocenters. The van der Waals surface area contributed by atoms with Crippen LogP contribution in [0.15, 0.2) is 24.3 Å². The Hall–Kier alpha value is -2.04. The van der Waals surface area contributed by atoms with Crippen molar-refractivity contribution in [1.29, 1.82) is 0 Å². The lowest BCUT2D eigenvalue weighted by Crippen LogP contribution is -2.36. The minimum absolute atomic E-state index is 0.114. The first-order valence-electron chi connectivity index (χ1n) is 7.07. The van der Waals surface area contributed by atoms with Crippen LogP contribution in [0.1, 0.15) is 25.8 Å². The third-order valence-corrected chi connectivity index (χ3v) is 3.01. The topological polar surface area (TPSA) is 75.6 Å². The predicted octanol–water partition coefficient (Wildman–Crippen LogP) is 2.24. The van der Waals surface area contributed by atoms with Crippen molar-refractivity contribution >= 4 is 11.9 Å². The van der Waals surface area contributed by atoms with E-state index in [2.05, 4.69) is 5.32 Å². The summed E-state index contributed by atoms with van der Waals surface area (Å²) >= 11 is 0. The average molecular weight is 293 g/mol. The number of hydrogen-bond acceptors (Lipinski definition) is 3. The molecule has 0 aliphatic heterocycles. The number of amides is 1. The highest BCUT2D eigenvalue weighted by Crippen LogP contribution is 2.12. The third kappa shape index (κ3) is 6.79. The van der Waals surface area contributed by atoms with Crippen LogP contribution in [0.2, 0.25) is 0 Å². The van der Waals surface area contributed by atoms with E-state index in [4.69, 9.17) is 9.84 Å². The number of aliphatic carboxylic acids is 1. The standard InChI is InChI=1S/C16H23NO4/c1-11(2)7-13(16(19)20)9-17-15(18)10-21-14-6-4-5-12(3)8-14/h4-6,8,11,13H,7,9-10H2,1-3H3,(H,17,18)(H,19,20). The van der Waals surface area contributed by atoms with Crippen LogP contribution in [0.4, 0.5) is 0 Å². The Morgan fingerprint density at radius 1 is 1.33 bits per heavy atom. The highest BCUT2D eigenvalue weighted by molar-refractivity contribution is 5.78. The van der Waals surface area contributed by atoms with Crippen LogP contribution in [0.25, 0.3) is 0 Å². The fourth-order valence-electron chi connectivity index (χ4n) is 1.98. The fourth-order valence-corrected chi connectivity index (χ4v) is 1.98. The van der Waals surface area contributed by atoms with Crippen molar-refractivity contribution in [3.05, 3.63) is 29.8 Å². The van der Waals surface area contributed by atoms with Gasteiger partial charge in [-0.3, -0.25) is 9.59 Å². The number of ether oxygens (including phenoxy) is 1. The van der Waals surface area contributed by atoms with E-state index in [0.29, 0.717) is 12.2 Å². The van der Waals surface area contributed by atoms with Gasteiger partial charge in [0.15, 0.2) is 6.61 Å². The lowest BCUT2D eigenvalue weighted by molar-refractivity contribution is -0.142. The molecule has 0 bridgehead atoms. The molecule has 0 saturated carbocycles. The number of carbonyl (C=O) groups is 2. The van der Waals surface area contributed by atoms with E-state index in [-0.39, 0.29) is 25.0 Å². The Bertz CT molecular complexity index is 485. The lowest BCUT2D eigenvalue weighted by Gasteiger charge is -2.15. The molecular formula is C16H23NO4. The summed E-state index contributed by atoms with van der Waals surface area (Å²) in [4.78, 5) is 22.8. The van der Waals surface area contributed by atoms with Gasteiger partial charge in [0.1, 0.15) is 5.75 Å². The van der Waals surface area contributed by atoms with Gasteiger partial charge in [-0.2, -0.15) is 0 Å². The third-order valence-electron chi connectivity index (χ3n) is 3.01. The second kappa shape index (κ2) is 8.29. The normalized spacial score (nSPS) is 12.0. The summed E-state index contributed by atoms with van der Waals surface area (Å²) < 4.78 is 5.36. The monoisotopic (exact) mass is 293 g/mol. The van der Waals surface area contributed by atoms with Gasteiger partial charge >= 0.3 is 5.97 Å². The maximum absolute atomic E-state index is 11.7. The van der Waals surface area contributed by atoms with Crippen molar-refractivity contribution in [3.8, 4) is 5.75 Å². The molecule has 0 spiro atoms. The number of benzene rings is 1. The molecule has 0 heterocycles. The van der Waals surface area contributed by atoms with Crippen LogP contribution in [0.3, 0.4) is 0 Å². The van der Waals surface area contributed by atoms with Gasteiger partial charge in [-0.15, -0.1) is 0 Å². The van der Waals surface area contributed by atoms with Crippen LogP contribution in [0, 0.1) is 18.8 Å². The summed E-state index contributed by atoms with van der Waals surface area (Å²) in [5.74, 6) is -0.864. The molecule has 0 fully saturated rings. The summed E-state index contributed by atoms with van der Waals surface area (Å²) in [6, 6.07) is 7.41. The van der Waals surface area contributed by atoms with E-state index in [0.717, 1.165) is 5.56 Å². The Morgan fingerprint density at radius 2 is 2.05 bits per heavy atom. The zero-order valence-corrected chi connectivity index (χ0v) is 12.8. The van der Waals surface area contributed by atoms with Gasteiger partial charge in [-0.05, 0) is 37.0 Å².